The molecule has 4 aromatic rings. The van der Waals surface area contributed by atoms with Crippen molar-refractivity contribution in [2.75, 3.05) is 0 Å². The summed E-state index contributed by atoms with van der Waals surface area (Å²) in [6.45, 7) is 2.27. The van der Waals surface area contributed by atoms with Crippen molar-refractivity contribution in [2.45, 2.75) is 38.9 Å². The Hall–Kier alpha value is -3.42. The Kier molecular flexibility index (Phi) is 4.01. The van der Waals surface area contributed by atoms with Crippen LogP contribution in [-0.4, -0.2) is 36.2 Å². The number of rotatable bonds is 5. The maximum atomic E-state index is 13.1. The van der Waals surface area contributed by atoms with Gasteiger partial charge in [-0.25, -0.2) is 4.68 Å². The van der Waals surface area contributed by atoms with E-state index in [0.29, 0.717) is 23.0 Å². The second-order valence-electron chi connectivity index (χ2n) is 7.61. The second kappa shape index (κ2) is 6.58. The van der Waals surface area contributed by atoms with Gasteiger partial charge in [0.15, 0.2) is 5.58 Å². The van der Waals surface area contributed by atoms with Crippen LogP contribution in [-0.2, 0) is 24.9 Å². The maximum absolute atomic E-state index is 13.1. The average Bonchev–Trinajstić information content (AvgIpc) is 3.43. The first-order valence-corrected chi connectivity index (χ1v) is 9.66. The van der Waals surface area contributed by atoms with E-state index in [9.17, 15) is 9.59 Å². The Bertz CT molecular complexity index is 1280. The minimum absolute atomic E-state index is 0.0862. The number of aromatic nitrogens is 4. The fraction of sp³-hybridized carbons (Fsp3) is 0.333. The minimum atomic E-state index is -0.292. The number of carbonyl (C=O) groups excluding carboxylic acids is 1. The second-order valence-corrected chi connectivity index (χ2v) is 7.61. The summed E-state index contributed by atoms with van der Waals surface area (Å²) in [5, 5.41) is 4.92. The first kappa shape index (κ1) is 17.7. The summed E-state index contributed by atoms with van der Waals surface area (Å²) in [5.41, 5.74) is 2.67. The highest BCUT2D eigenvalue weighted by Gasteiger charge is 2.33. The lowest BCUT2D eigenvalue weighted by Gasteiger charge is -2.22. The molecule has 8 nitrogen and oxygen atoms in total. The predicted molar refractivity (Wildman–Crippen MR) is 107 cm³/mol. The molecule has 0 aromatic carbocycles. The van der Waals surface area contributed by atoms with Crippen LogP contribution in [0.15, 0.2) is 46.0 Å². The molecule has 0 saturated heterocycles. The van der Waals surface area contributed by atoms with E-state index in [4.69, 9.17) is 4.42 Å². The van der Waals surface area contributed by atoms with Crippen molar-refractivity contribution < 1.29 is 9.21 Å². The smallest absolute Gasteiger partial charge is 0.291 e. The highest BCUT2D eigenvalue weighted by Crippen LogP contribution is 2.29. The van der Waals surface area contributed by atoms with Crippen LogP contribution in [0.5, 0.6) is 0 Å². The van der Waals surface area contributed by atoms with Gasteiger partial charge in [-0.2, -0.15) is 5.10 Å². The van der Waals surface area contributed by atoms with Gasteiger partial charge >= 0.3 is 0 Å². The lowest BCUT2D eigenvalue weighted by molar-refractivity contribution is -0.133. The predicted octanol–water partition coefficient (Wildman–Crippen LogP) is 2.38. The van der Waals surface area contributed by atoms with Gasteiger partial charge in [0, 0.05) is 38.1 Å². The van der Waals surface area contributed by atoms with Crippen molar-refractivity contribution >= 4 is 27.9 Å². The standard InChI is InChI=1S/C21H21N5O3/c1-13-8-17-20(29-13)16-10-23-26(21(28)19(16)24(17)2)12-18(27)25(15-5-6-15)11-14-4-3-7-22-9-14/h3-4,7-10,15H,5-6,11-12H2,1-2H3. The Labute approximate surface area is 166 Å². The van der Waals surface area contributed by atoms with Crippen LogP contribution in [0.2, 0.25) is 0 Å². The Morgan fingerprint density at radius 2 is 2.17 bits per heavy atom. The van der Waals surface area contributed by atoms with E-state index >= 15 is 0 Å². The van der Waals surface area contributed by atoms with Gasteiger partial charge < -0.3 is 13.9 Å². The minimum Gasteiger partial charge on any atom is -0.459 e. The van der Waals surface area contributed by atoms with Crippen LogP contribution >= 0.6 is 0 Å². The van der Waals surface area contributed by atoms with Crippen LogP contribution < -0.4 is 5.56 Å². The molecule has 4 aromatic heterocycles. The van der Waals surface area contributed by atoms with Crippen LogP contribution in [0.4, 0.5) is 0 Å². The van der Waals surface area contributed by atoms with E-state index in [0.717, 1.165) is 29.7 Å². The zero-order valence-corrected chi connectivity index (χ0v) is 16.3. The van der Waals surface area contributed by atoms with Crippen molar-refractivity contribution in [2.24, 2.45) is 7.05 Å². The number of amides is 1. The monoisotopic (exact) mass is 391 g/mol. The fourth-order valence-corrected chi connectivity index (χ4v) is 3.86. The van der Waals surface area contributed by atoms with Crippen molar-refractivity contribution in [3.8, 4) is 0 Å². The lowest BCUT2D eigenvalue weighted by Crippen LogP contribution is -2.38. The van der Waals surface area contributed by atoms with E-state index in [-0.39, 0.29) is 24.1 Å². The number of aryl methyl sites for hydroxylation is 2. The molecule has 5 rings (SSSR count). The molecular formula is C21H21N5O3. The number of furan rings is 1. The van der Waals surface area contributed by atoms with Crippen molar-refractivity contribution in [1.29, 1.82) is 0 Å². The van der Waals surface area contributed by atoms with Gasteiger partial charge in [-0.1, -0.05) is 6.07 Å². The van der Waals surface area contributed by atoms with Crippen molar-refractivity contribution in [3.05, 3.63) is 58.5 Å². The van der Waals surface area contributed by atoms with Crippen LogP contribution in [0.3, 0.4) is 0 Å². The largest absolute Gasteiger partial charge is 0.459 e. The summed E-state index contributed by atoms with van der Waals surface area (Å²) in [6, 6.07) is 5.93. The van der Waals surface area contributed by atoms with Gasteiger partial charge in [-0.3, -0.25) is 14.6 Å². The molecule has 0 spiro atoms. The van der Waals surface area contributed by atoms with Crippen LogP contribution in [0, 0.1) is 6.92 Å². The molecule has 0 aliphatic heterocycles. The van der Waals surface area contributed by atoms with Crippen LogP contribution in [0.1, 0.15) is 24.2 Å². The molecule has 0 radical (unpaired) electrons. The molecule has 0 N–H and O–H groups in total. The highest BCUT2D eigenvalue weighted by molar-refractivity contribution is 6.04. The van der Waals surface area contributed by atoms with Gasteiger partial charge in [0.1, 0.15) is 17.8 Å². The number of nitrogens with zero attached hydrogens (tertiary/aromatic N) is 5. The molecule has 1 aliphatic rings. The quantitative estimate of drug-likeness (QED) is 0.521. The first-order valence-electron chi connectivity index (χ1n) is 9.66. The SMILES string of the molecule is Cc1cc2c(o1)c1cnn(CC(=O)N(Cc3cccnc3)C3CC3)c(=O)c1n2C. The van der Waals surface area contributed by atoms with E-state index in [1.807, 2.05) is 37.1 Å². The average molecular weight is 391 g/mol. The summed E-state index contributed by atoms with van der Waals surface area (Å²) in [7, 11) is 1.83. The number of hydrogen-bond acceptors (Lipinski definition) is 5. The van der Waals surface area contributed by atoms with E-state index in [1.165, 1.54) is 4.68 Å². The van der Waals surface area contributed by atoms with Gasteiger partial charge in [-0.15, -0.1) is 0 Å². The zero-order valence-electron chi connectivity index (χ0n) is 16.3. The number of carbonyl (C=O) groups is 1. The van der Waals surface area contributed by atoms with Crippen LogP contribution in [0.25, 0.3) is 22.0 Å². The molecule has 1 saturated carbocycles. The van der Waals surface area contributed by atoms with Gasteiger partial charge in [0.05, 0.1) is 17.1 Å². The van der Waals surface area contributed by atoms with Crippen molar-refractivity contribution in [3.63, 3.8) is 0 Å². The molecule has 4 heterocycles. The first-order chi connectivity index (χ1) is 14.0. The molecule has 29 heavy (non-hydrogen) atoms. The molecule has 8 heteroatoms. The van der Waals surface area contributed by atoms with E-state index in [2.05, 4.69) is 10.1 Å². The third-order valence-electron chi connectivity index (χ3n) is 5.46. The molecule has 0 bridgehead atoms. The maximum Gasteiger partial charge on any atom is 0.291 e. The zero-order chi connectivity index (χ0) is 20.1. The van der Waals surface area contributed by atoms with E-state index < -0.39 is 0 Å². The fourth-order valence-electron chi connectivity index (χ4n) is 3.86. The molecule has 148 valence electrons. The summed E-state index contributed by atoms with van der Waals surface area (Å²) in [5.74, 6) is 0.668. The van der Waals surface area contributed by atoms with Gasteiger partial charge in [0.25, 0.3) is 5.56 Å². The highest BCUT2D eigenvalue weighted by atomic mass is 16.3. The molecular weight excluding hydrogens is 370 g/mol. The molecule has 1 amide bonds. The van der Waals surface area contributed by atoms with Gasteiger partial charge in [0.2, 0.25) is 5.91 Å². The topological polar surface area (TPSA) is 86.2 Å². The third-order valence-corrected chi connectivity index (χ3v) is 5.46. The number of fused-ring (bicyclic) bond motifs is 3. The third kappa shape index (κ3) is 3.00. The normalized spacial score (nSPS) is 14.0. The summed E-state index contributed by atoms with van der Waals surface area (Å²) >= 11 is 0. The molecule has 0 atom stereocenters. The molecule has 0 unspecified atom stereocenters. The van der Waals surface area contributed by atoms with E-state index in [1.54, 1.807) is 23.2 Å². The Balaban J connectivity index is 1.47. The summed E-state index contributed by atoms with van der Waals surface area (Å²) in [4.78, 5) is 32.0. The lowest BCUT2D eigenvalue weighted by atomic mass is 10.2. The summed E-state index contributed by atoms with van der Waals surface area (Å²) in [6.07, 6.45) is 7.06. The Morgan fingerprint density at radius 3 is 2.90 bits per heavy atom. The number of hydrogen-bond donors (Lipinski definition) is 0. The molecule has 1 fully saturated rings. The van der Waals surface area contributed by atoms with Gasteiger partial charge in [-0.05, 0) is 31.4 Å². The number of pyridine rings is 1. The van der Waals surface area contributed by atoms with Crippen molar-refractivity contribution in [1.82, 2.24) is 24.2 Å². The Morgan fingerprint density at radius 1 is 1.34 bits per heavy atom. The molecule has 1 aliphatic carbocycles. The summed E-state index contributed by atoms with van der Waals surface area (Å²) < 4.78 is 8.78.